The molecule has 26 heavy (non-hydrogen) atoms. The van der Waals surface area contributed by atoms with Crippen LogP contribution in [-0.4, -0.2) is 28.8 Å². The van der Waals surface area contributed by atoms with Crippen LogP contribution in [0.15, 0.2) is 28.9 Å². The third-order valence-corrected chi connectivity index (χ3v) is 6.29. The first-order chi connectivity index (χ1) is 12.4. The van der Waals surface area contributed by atoms with Crippen LogP contribution in [0.5, 0.6) is 0 Å². The smallest absolute Gasteiger partial charge is 0.349 e. The van der Waals surface area contributed by atoms with E-state index in [0.29, 0.717) is 28.6 Å². The fourth-order valence-electron chi connectivity index (χ4n) is 2.45. The summed E-state index contributed by atoms with van der Waals surface area (Å²) in [7, 11) is 1.31. The highest BCUT2D eigenvalue weighted by molar-refractivity contribution is 9.10. The van der Waals surface area contributed by atoms with E-state index in [4.69, 9.17) is 16.3 Å². The molecule has 0 bridgehead atoms. The molecular weight excluding hydrogens is 442 g/mol. The predicted octanol–water partition coefficient (Wildman–Crippen LogP) is 4.64. The zero-order valence-corrected chi connectivity index (χ0v) is 17.2. The summed E-state index contributed by atoms with van der Waals surface area (Å²) in [6, 6.07) is 5.34. The second-order valence-electron chi connectivity index (χ2n) is 5.55. The van der Waals surface area contributed by atoms with Gasteiger partial charge in [0.1, 0.15) is 4.88 Å². The van der Waals surface area contributed by atoms with Crippen molar-refractivity contribution < 1.29 is 14.3 Å². The average molecular weight is 457 g/mol. The van der Waals surface area contributed by atoms with Crippen LogP contribution in [0, 0.1) is 6.92 Å². The summed E-state index contributed by atoms with van der Waals surface area (Å²) < 4.78 is 8.23. The second-order valence-corrected chi connectivity index (χ2v) is 7.83. The van der Waals surface area contributed by atoms with Gasteiger partial charge in [-0.25, -0.2) is 4.79 Å². The number of carbonyl (C=O) groups is 2. The van der Waals surface area contributed by atoms with Crippen LogP contribution in [0.3, 0.4) is 0 Å². The normalized spacial score (nSPS) is 10.9. The number of halogens is 2. The molecule has 0 saturated heterocycles. The summed E-state index contributed by atoms with van der Waals surface area (Å²) in [4.78, 5) is 24.3. The molecule has 0 saturated carbocycles. The Morgan fingerprint density at radius 3 is 2.85 bits per heavy atom. The molecule has 2 heterocycles. The molecule has 0 unspecified atom stereocenters. The number of aromatic nitrogens is 2. The SMILES string of the molecule is COC(=O)c1sc2cc(NC(=O)CCn3ncc(Br)c3C)ccc2c1Cl. The Balaban J connectivity index is 1.71. The summed E-state index contributed by atoms with van der Waals surface area (Å²) in [5.74, 6) is -0.589. The van der Waals surface area contributed by atoms with Crippen LogP contribution in [0.2, 0.25) is 5.02 Å². The molecule has 0 aliphatic carbocycles. The first kappa shape index (κ1) is 18.9. The van der Waals surface area contributed by atoms with Crippen molar-refractivity contribution in [1.29, 1.82) is 0 Å². The number of methoxy groups -OCH3 is 1. The van der Waals surface area contributed by atoms with Gasteiger partial charge in [-0.1, -0.05) is 11.6 Å². The van der Waals surface area contributed by atoms with Crippen LogP contribution in [-0.2, 0) is 16.1 Å². The highest BCUT2D eigenvalue weighted by Crippen LogP contribution is 2.37. The highest BCUT2D eigenvalue weighted by Gasteiger charge is 2.18. The summed E-state index contributed by atoms with van der Waals surface area (Å²) in [5.41, 5.74) is 1.62. The molecule has 0 spiro atoms. The van der Waals surface area contributed by atoms with Gasteiger partial charge in [0.05, 0.1) is 29.3 Å². The fourth-order valence-corrected chi connectivity index (χ4v) is 4.21. The Labute approximate surface area is 167 Å². The number of hydrogen-bond acceptors (Lipinski definition) is 5. The van der Waals surface area contributed by atoms with Gasteiger partial charge in [0, 0.05) is 27.9 Å². The number of carbonyl (C=O) groups excluding carboxylic acids is 2. The Kier molecular flexibility index (Phi) is 5.64. The minimum atomic E-state index is -0.470. The molecule has 0 aliphatic heterocycles. The first-order valence-electron chi connectivity index (χ1n) is 7.69. The molecule has 3 aromatic rings. The minimum absolute atomic E-state index is 0.119. The van der Waals surface area contributed by atoms with Crippen molar-refractivity contribution in [3.05, 3.63) is 44.5 Å². The Bertz CT molecular complexity index is 999. The summed E-state index contributed by atoms with van der Waals surface area (Å²) in [6.45, 7) is 2.42. The predicted molar refractivity (Wildman–Crippen MR) is 106 cm³/mol. The summed E-state index contributed by atoms with van der Waals surface area (Å²) in [6.07, 6.45) is 2.01. The van der Waals surface area contributed by atoms with Gasteiger partial charge in [-0.05, 0) is 41.1 Å². The van der Waals surface area contributed by atoms with Gasteiger partial charge in [0.2, 0.25) is 5.91 Å². The van der Waals surface area contributed by atoms with Crippen LogP contribution < -0.4 is 5.32 Å². The average Bonchev–Trinajstić information content (AvgIpc) is 3.12. The van der Waals surface area contributed by atoms with Crippen LogP contribution >= 0.6 is 38.9 Å². The van der Waals surface area contributed by atoms with Gasteiger partial charge in [0.25, 0.3) is 0 Å². The fraction of sp³-hybridized carbons (Fsp3) is 0.235. The molecule has 3 rings (SSSR count). The molecule has 1 amide bonds. The number of amides is 1. The largest absolute Gasteiger partial charge is 0.465 e. The lowest BCUT2D eigenvalue weighted by molar-refractivity contribution is -0.116. The van der Waals surface area contributed by atoms with Crippen molar-refractivity contribution in [2.24, 2.45) is 0 Å². The number of ether oxygens (including phenoxy) is 1. The van der Waals surface area contributed by atoms with E-state index in [1.165, 1.54) is 18.4 Å². The Morgan fingerprint density at radius 1 is 1.42 bits per heavy atom. The van der Waals surface area contributed by atoms with Gasteiger partial charge < -0.3 is 10.1 Å². The van der Waals surface area contributed by atoms with E-state index < -0.39 is 5.97 Å². The molecule has 0 fully saturated rings. The van der Waals surface area contributed by atoms with Crippen molar-refractivity contribution in [2.75, 3.05) is 12.4 Å². The van der Waals surface area contributed by atoms with E-state index in [9.17, 15) is 9.59 Å². The maximum Gasteiger partial charge on any atom is 0.349 e. The van der Waals surface area contributed by atoms with Crippen molar-refractivity contribution >= 4 is 66.5 Å². The number of nitrogens with zero attached hydrogens (tertiary/aromatic N) is 2. The zero-order chi connectivity index (χ0) is 18.8. The number of benzene rings is 1. The highest BCUT2D eigenvalue weighted by atomic mass is 79.9. The van der Waals surface area contributed by atoms with Gasteiger partial charge >= 0.3 is 5.97 Å². The lowest BCUT2D eigenvalue weighted by Gasteiger charge is -2.07. The summed E-state index contributed by atoms with van der Waals surface area (Å²) in [5, 5.41) is 8.19. The van der Waals surface area contributed by atoms with Gasteiger partial charge in [-0.2, -0.15) is 5.10 Å². The molecule has 2 aromatic heterocycles. The number of nitrogens with one attached hydrogen (secondary N) is 1. The van der Waals surface area contributed by atoms with Crippen molar-refractivity contribution in [1.82, 2.24) is 9.78 Å². The lowest BCUT2D eigenvalue weighted by Crippen LogP contribution is -2.15. The number of aryl methyl sites for hydroxylation is 1. The molecule has 1 N–H and O–H groups in total. The van der Waals surface area contributed by atoms with E-state index in [-0.39, 0.29) is 5.91 Å². The van der Waals surface area contributed by atoms with Gasteiger partial charge in [-0.15, -0.1) is 11.3 Å². The van der Waals surface area contributed by atoms with Crippen LogP contribution in [0.25, 0.3) is 10.1 Å². The van der Waals surface area contributed by atoms with Crippen molar-refractivity contribution in [2.45, 2.75) is 19.9 Å². The number of rotatable bonds is 5. The Hall–Kier alpha value is -1.90. The summed E-state index contributed by atoms with van der Waals surface area (Å²) >= 11 is 10.9. The van der Waals surface area contributed by atoms with E-state index in [1.54, 1.807) is 29.1 Å². The molecule has 0 atom stereocenters. The number of thiophene rings is 1. The first-order valence-corrected chi connectivity index (χ1v) is 9.67. The van der Waals surface area contributed by atoms with Gasteiger partial charge in [-0.3, -0.25) is 9.48 Å². The molecule has 6 nitrogen and oxygen atoms in total. The molecule has 136 valence electrons. The maximum atomic E-state index is 12.2. The molecule has 1 aromatic carbocycles. The van der Waals surface area contributed by atoms with Crippen molar-refractivity contribution in [3.8, 4) is 0 Å². The quantitative estimate of drug-likeness (QED) is 0.568. The lowest BCUT2D eigenvalue weighted by atomic mass is 10.2. The van der Waals surface area contributed by atoms with Gasteiger partial charge in [0.15, 0.2) is 0 Å². The van der Waals surface area contributed by atoms with Crippen molar-refractivity contribution in [3.63, 3.8) is 0 Å². The van der Waals surface area contributed by atoms with E-state index in [1.807, 2.05) is 6.92 Å². The van der Waals surface area contributed by atoms with E-state index in [0.717, 1.165) is 20.3 Å². The monoisotopic (exact) mass is 455 g/mol. The third-order valence-electron chi connectivity index (χ3n) is 3.88. The number of anilines is 1. The topological polar surface area (TPSA) is 73.2 Å². The Morgan fingerprint density at radius 2 is 2.19 bits per heavy atom. The minimum Gasteiger partial charge on any atom is -0.465 e. The van der Waals surface area contributed by atoms with E-state index >= 15 is 0 Å². The number of hydrogen-bond donors (Lipinski definition) is 1. The molecular formula is C17H15BrClN3O3S. The zero-order valence-electron chi connectivity index (χ0n) is 14.0. The van der Waals surface area contributed by atoms with Crippen LogP contribution in [0.4, 0.5) is 5.69 Å². The third kappa shape index (κ3) is 3.77. The number of fused-ring (bicyclic) bond motifs is 1. The molecule has 9 heteroatoms. The van der Waals surface area contributed by atoms with E-state index in [2.05, 4.69) is 26.3 Å². The maximum absolute atomic E-state index is 12.2. The van der Waals surface area contributed by atoms with Crippen LogP contribution in [0.1, 0.15) is 21.8 Å². The molecule has 0 radical (unpaired) electrons. The number of esters is 1. The second kappa shape index (κ2) is 7.77. The standard InChI is InChI=1S/C17H15BrClN3O3S/c1-9-12(18)8-20-22(9)6-5-14(23)21-10-3-4-11-13(7-10)26-16(15(11)19)17(24)25-2/h3-4,7-8H,5-6H2,1-2H3,(H,21,23). The molecule has 0 aliphatic rings.